The number of ether oxygens (including phenoxy) is 2. The molecular weight excluding hydrogens is 240 g/mol. The number of carboxylic acids is 1. The van der Waals surface area contributed by atoms with Gasteiger partial charge in [-0.25, -0.2) is 14.4 Å². The Bertz CT molecular complexity index is 317. The van der Waals surface area contributed by atoms with Crippen molar-refractivity contribution >= 4 is 17.9 Å². The summed E-state index contributed by atoms with van der Waals surface area (Å²) < 4.78 is 8.42. The molecule has 18 heavy (non-hydrogen) atoms. The number of carbonyl (C=O) groups is 3. The molecule has 1 N–H and O–H groups in total. The average molecular weight is 258 g/mol. The number of hydrogen-bond acceptors (Lipinski definition) is 5. The van der Waals surface area contributed by atoms with Crippen LogP contribution in [0.25, 0.3) is 0 Å². The Balaban J connectivity index is -0.000000190. The van der Waals surface area contributed by atoms with Gasteiger partial charge in [-0.2, -0.15) is 0 Å². The third kappa shape index (κ3) is 23.4. The van der Waals surface area contributed by atoms with Crippen molar-refractivity contribution in [3.63, 3.8) is 0 Å². The molecule has 0 aromatic carbocycles. The lowest BCUT2D eigenvalue weighted by Crippen LogP contribution is -1.98. The maximum Gasteiger partial charge on any atom is 0.332 e. The Morgan fingerprint density at radius 3 is 1.44 bits per heavy atom. The van der Waals surface area contributed by atoms with Crippen LogP contribution in [0.4, 0.5) is 0 Å². The molecule has 0 atom stereocenters. The van der Waals surface area contributed by atoms with Gasteiger partial charge in [0.1, 0.15) is 0 Å². The Hall–Kier alpha value is -2.37. The van der Waals surface area contributed by atoms with E-state index in [1.807, 2.05) is 0 Å². The second kappa shape index (κ2) is 14.6. The molecule has 0 aliphatic rings. The highest BCUT2D eigenvalue weighted by Gasteiger charge is 1.95. The Morgan fingerprint density at radius 2 is 1.44 bits per heavy atom. The summed E-state index contributed by atoms with van der Waals surface area (Å²) in [5.74, 6) is -1.72. The van der Waals surface area contributed by atoms with Crippen molar-refractivity contribution in [2.24, 2.45) is 0 Å². The molecule has 0 unspecified atom stereocenters. The molecule has 0 saturated carbocycles. The maximum absolute atomic E-state index is 10.2. The van der Waals surface area contributed by atoms with Crippen molar-refractivity contribution in [3.05, 3.63) is 37.5 Å². The van der Waals surface area contributed by atoms with Crippen molar-refractivity contribution in [3.8, 4) is 0 Å². The van der Waals surface area contributed by atoms with Gasteiger partial charge in [0.25, 0.3) is 0 Å². The van der Waals surface area contributed by atoms with Crippen molar-refractivity contribution in [1.82, 2.24) is 0 Å². The molecule has 0 spiro atoms. The van der Waals surface area contributed by atoms with E-state index < -0.39 is 11.9 Å². The zero-order valence-electron chi connectivity index (χ0n) is 10.8. The molecule has 0 radical (unpaired) electrons. The van der Waals surface area contributed by atoms with Gasteiger partial charge in [-0.3, -0.25) is 0 Å². The number of esters is 2. The number of methoxy groups -OCH3 is 2. The van der Waals surface area contributed by atoms with E-state index in [0.717, 1.165) is 12.2 Å². The first-order chi connectivity index (χ1) is 8.26. The molecule has 0 fully saturated rings. The summed E-state index contributed by atoms with van der Waals surface area (Å²) in [4.78, 5) is 29.3. The molecule has 6 nitrogen and oxygen atoms in total. The molecule has 0 aliphatic carbocycles. The van der Waals surface area contributed by atoms with E-state index in [2.05, 4.69) is 29.2 Å². The number of hydrogen-bond donors (Lipinski definition) is 1. The van der Waals surface area contributed by atoms with E-state index in [0.29, 0.717) is 5.57 Å². The van der Waals surface area contributed by atoms with Gasteiger partial charge in [0.05, 0.1) is 14.2 Å². The molecular formula is C12H18O6. The fourth-order valence-electron chi connectivity index (χ4n) is 0.258. The highest BCUT2D eigenvalue weighted by molar-refractivity contribution is 5.86. The first-order valence-corrected chi connectivity index (χ1v) is 4.56. The lowest BCUT2D eigenvalue weighted by atomic mass is 10.4. The van der Waals surface area contributed by atoms with Gasteiger partial charge >= 0.3 is 17.9 Å². The van der Waals surface area contributed by atoms with Gasteiger partial charge in [-0.15, -0.1) is 0 Å². The normalized spacial score (nSPS) is 7.06. The predicted molar refractivity (Wildman–Crippen MR) is 66.9 cm³/mol. The molecule has 0 aromatic heterocycles. The van der Waals surface area contributed by atoms with Gasteiger partial charge in [0.15, 0.2) is 0 Å². The summed E-state index contributed by atoms with van der Waals surface area (Å²) in [6, 6.07) is 0. The van der Waals surface area contributed by atoms with E-state index in [1.165, 1.54) is 14.2 Å². The first kappa shape index (κ1) is 21.0. The van der Waals surface area contributed by atoms with Crippen LogP contribution in [0.2, 0.25) is 0 Å². The molecule has 0 rings (SSSR count). The molecule has 0 saturated heterocycles. The van der Waals surface area contributed by atoms with Crippen molar-refractivity contribution in [2.45, 2.75) is 6.92 Å². The third-order valence-corrected chi connectivity index (χ3v) is 1.08. The number of carbonyl (C=O) groups excluding carboxylic acids is 2. The smallest absolute Gasteiger partial charge is 0.332 e. The minimum absolute atomic E-state index is 0.347. The van der Waals surface area contributed by atoms with Crippen LogP contribution in [0, 0.1) is 0 Å². The summed E-state index contributed by atoms with van der Waals surface area (Å²) in [5.41, 5.74) is 0.433. The van der Waals surface area contributed by atoms with Crippen molar-refractivity contribution < 1.29 is 29.0 Å². The number of aliphatic carboxylic acids is 1. The van der Waals surface area contributed by atoms with Crippen LogP contribution in [-0.2, 0) is 23.9 Å². The van der Waals surface area contributed by atoms with Crippen LogP contribution in [0.3, 0.4) is 0 Å². The van der Waals surface area contributed by atoms with E-state index in [-0.39, 0.29) is 5.97 Å². The quantitative estimate of drug-likeness (QED) is 0.606. The lowest BCUT2D eigenvalue weighted by Gasteiger charge is -1.91. The second-order valence-electron chi connectivity index (χ2n) is 2.54. The van der Waals surface area contributed by atoms with Gasteiger partial charge < -0.3 is 14.6 Å². The van der Waals surface area contributed by atoms with Crippen LogP contribution < -0.4 is 0 Å². The summed E-state index contributed by atoms with van der Waals surface area (Å²) in [7, 11) is 2.64. The summed E-state index contributed by atoms with van der Waals surface area (Å²) in [6.45, 7) is 11.1. The Labute approximate surface area is 106 Å². The first-order valence-electron chi connectivity index (χ1n) is 4.56. The van der Waals surface area contributed by atoms with E-state index in [4.69, 9.17) is 5.11 Å². The molecule has 0 aliphatic heterocycles. The topological polar surface area (TPSA) is 89.9 Å². The minimum Gasteiger partial charge on any atom is -0.478 e. The van der Waals surface area contributed by atoms with Crippen LogP contribution >= 0.6 is 0 Å². The van der Waals surface area contributed by atoms with Gasteiger partial charge in [-0.1, -0.05) is 19.7 Å². The zero-order valence-corrected chi connectivity index (χ0v) is 10.8. The largest absolute Gasteiger partial charge is 0.478 e. The van der Waals surface area contributed by atoms with E-state index in [9.17, 15) is 14.4 Å². The summed E-state index contributed by atoms with van der Waals surface area (Å²) >= 11 is 0. The van der Waals surface area contributed by atoms with Gasteiger partial charge in [-0.05, 0) is 6.92 Å². The third-order valence-electron chi connectivity index (χ3n) is 1.08. The standard InChI is InChI=1S/C5H8O2.C4H6O2.C3H4O2/c1-4(2)5(6)7-3;1-3-4(5)6-2;1-2-3(4)5/h1H2,2-3H3;3H,1H2,2H3;2H,1H2,(H,4,5). The maximum atomic E-state index is 10.2. The second-order valence-corrected chi connectivity index (χ2v) is 2.54. The van der Waals surface area contributed by atoms with Crippen LogP contribution in [-0.4, -0.2) is 37.2 Å². The summed E-state index contributed by atoms with van der Waals surface area (Å²) in [5, 5.41) is 7.60. The molecule has 6 heteroatoms. The molecule has 0 amide bonds. The average Bonchev–Trinajstić information content (AvgIpc) is 2.37. The highest BCUT2D eigenvalue weighted by Crippen LogP contribution is 1.87. The fraction of sp³-hybridized carbons (Fsp3) is 0.250. The molecule has 102 valence electrons. The SMILES string of the molecule is C=C(C)C(=O)OC.C=CC(=O)O.C=CC(=O)OC. The Morgan fingerprint density at radius 1 is 1.06 bits per heavy atom. The predicted octanol–water partition coefficient (Wildman–Crippen LogP) is 1.34. The van der Waals surface area contributed by atoms with Gasteiger partial charge in [0.2, 0.25) is 0 Å². The number of rotatable bonds is 3. The molecule has 0 bridgehead atoms. The zero-order chi connectivity index (χ0) is 15.1. The lowest BCUT2D eigenvalue weighted by molar-refractivity contribution is -0.136. The van der Waals surface area contributed by atoms with Crippen molar-refractivity contribution in [1.29, 1.82) is 0 Å². The Kier molecular flexibility index (Phi) is 17.0. The molecule has 0 heterocycles. The monoisotopic (exact) mass is 258 g/mol. The number of carboxylic acid groups (broad SMARTS) is 1. The molecule has 0 aromatic rings. The van der Waals surface area contributed by atoms with Gasteiger partial charge in [0, 0.05) is 17.7 Å². The minimum atomic E-state index is -0.981. The summed E-state index contributed by atoms with van der Waals surface area (Å²) in [6.07, 6.45) is 1.94. The van der Waals surface area contributed by atoms with Crippen LogP contribution in [0.1, 0.15) is 6.92 Å². The fourth-order valence-corrected chi connectivity index (χ4v) is 0.258. The van der Waals surface area contributed by atoms with Crippen LogP contribution in [0.15, 0.2) is 37.5 Å². The van der Waals surface area contributed by atoms with Crippen LogP contribution in [0.5, 0.6) is 0 Å². The highest BCUT2D eigenvalue weighted by atomic mass is 16.5. The van der Waals surface area contributed by atoms with E-state index >= 15 is 0 Å². The van der Waals surface area contributed by atoms with E-state index in [1.54, 1.807) is 6.92 Å². The van der Waals surface area contributed by atoms with Crippen molar-refractivity contribution in [2.75, 3.05) is 14.2 Å².